The molecule has 1 N–H and O–H groups in total. The maximum Gasteiger partial charge on any atom is 0.224 e. The van der Waals surface area contributed by atoms with Gasteiger partial charge in [0.2, 0.25) is 5.91 Å². The van der Waals surface area contributed by atoms with Crippen molar-refractivity contribution in [3.8, 4) is 5.69 Å². The molecule has 4 rings (SSSR count). The van der Waals surface area contributed by atoms with Crippen LogP contribution in [0.4, 0.5) is 5.69 Å². The average molecular weight is 390 g/mol. The summed E-state index contributed by atoms with van der Waals surface area (Å²) in [5.74, 6) is -0.224. The zero-order chi connectivity index (χ0) is 19.5. The standard InChI is InChI=1S/C21H18N4O2S/c1-14-17-12-15(23-20(27)10-9-18(26)19-8-5-11-28-19)13-22-21(17)25(24-14)16-6-3-2-4-7-16/h2-8,11-13H,9-10H2,1H3,(H,23,27). The fraction of sp³-hybridized carbons (Fsp3) is 0.143. The minimum Gasteiger partial charge on any atom is -0.325 e. The molecule has 1 aromatic carbocycles. The molecule has 140 valence electrons. The number of para-hydroxylation sites is 1. The number of aromatic nitrogens is 3. The van der Waals surface area contributed by atoms with Crippen molar-refractivity contribution in [2.75, 3.05) is 5.32 Å². The summed E-state index contributed by atoms with van der Waals surface area (Å²) in [4.78, 5) is 29.4. The number of carbonyl (C=O) groups is 2. The molecule has 28 heavy (non-hydrogen) atoms. The number of carbonyl (C=O) groups excluding carboxylic acids is 2. The third kappa shape index (κ3) is 3.70. The highest BCUT2D eigenvalue weighted by molar-refractivity contribution is 7.12. The summed E-state index contributed by atoms with van der Waals surface area (Å²) < 4.78 is 1.79. The summed E-state index contributed by atoms with van der Waals surface area (Å²) in [5, 5.41) is 10.1. The first kappa shape index (κ1) is 18.1. The monoisotopic (exact) mass is 390 g/mol. The van der Waals surface area contributed by atoms with Crippen LogP contribution in [0.3, 0.4) is 0 Å². The Morgan fingerprint density at radius 2 is 1.93 bits per heavy atom. The Bertz CT molecular complexity index is 1130. The molecule has 3 aromatic heterocycles. The first-order chi connectivity index (χ1) is 13.6. The predicted octanol–water partition coefficient (Wildman–Crippen LogP) is 4.39. The van der Waals surface area contributed by atoms with Crippen molar-refractivity contribution in [3.05, 3.63) is 70.7 Å². The highest BCUT2D eigenvalue weighted by atomic mass is 32.1. The van der Waals surface area contributed by atoms with Gasteiger partial charge in [0.15, 0.2) is 11.4 Å². The number of amides is 1. The van der Waals surface area contributed by atoms with Gasteiger partial charge in [0.1, 0.15) is 0 Å². The van der Waals surface area contributed by atoms with Crippen LogP contribution in [-0.2, 0) is 4.79 Å². The predicted molar refractivity (Wildman–Crippen MR) is 110 cm³/mol. The summed E-state index contributed by atoms with van der Waals surface area (Å²) >= 11 is 1.39. The third-order valence-corrected chi connectivity index (χ3v) is 5.28. The van der Waals surface area contributed by atoms with Crippen LogP contribution in [0.25, 0.3) is 16.7 Å². The maximum atomic E-state index is 12.2. The van der Waals surface area contributed by atoms with Crippen LogP contribution in [0.2, 0.25) is 0 Å². The second kappa shape index (κ2) is 7.74. The van der Waals surface area contributed by atoms with E-state index in [4.69, 9.17) is 0 Å². The van der Waals surface area contributed by atoms with Gasteiger partial charge in [0, 0.05) is 18.2 Å². The first-order valence-electron chi connectivity index (χ1n) is 8.89. The van der Waals surface area contributed by atoms with Gasteiger partial charge in [-0.1, -0.05) is 24.3 Å². The molecular weight excluding hydrogens is 372 g/mol. The van der Waals surface area contributed by atoms with E-state index in [0.29, 0.717) is 10.6 Å². The molecule has 0 saturated carbocycles. The number of pyridine rings is 1. The molecule has 0 fully saturated rings. The Morgan fingerprint density at radius 3 is 2.68 bits per heavy atom. The lowest BCUT2D eigenvalue weighted by atomic mass is 10.2. The fourth-order valence-corrected chi connectivity index (χ4v) is 3.67. The number of nitrogens with zero attached hydrogens (tertiary/aromatic N) is 3. The number of anilines is 1. The van der Waals surface area contributed by atoms with Crippen LogP contribution < -0.4 is 5.32 Å². The zero-order valence-electron chi connectivity index (χ0n) is 15.3. The second-order valence-electron chi connectivity index (χ2n) is 6.38. The highest BCUT2D eigenvalue weighted by Crippen LogP contribution is 2.23. The van der Waals surface area contributed by atoms with Crippen LogP contribution in [0.5, 0.6) is 0 Å². The molecule has 0 aliphatic carbocycles. The zero-order valence-corrected chi connectivity index (χ0v) is 16.1. The summed E-state index contributed by atoms with van der Waals surface area (Å²) in [6, 6.07) is 15.2. The van der Waals surface area contributed by atoms with Crippen molar-refractivity contribution in [2.24, 2.45) is 0 Å². The van der Waals surface area contributed by atoms with Crippen LogP contribution in [-0.4, -0.2) is 26.5 Å². The fourth-order valence-electron chi connectivity index (χ4n) is 2.97. The molecule has 0 spiro atoms. The summed E-state index contributed by atoms with van der Waals surface area (Å²) in [5.41, 5.74) is 3.08. The van der Waals surface area contributed by atoms with E-state index in [1.807, 2.05) is 54.8 Å². The Hall–Kier alpha value is -3.32. The Morgan fingerprint density at radius 1 is 1.11 bits per heavy atom. The van der Waals surface area contributed by atoms with E-state index in [9.17, 15) is 9.59 Å². The molecule has 3 heterocycles. The van der Waals surface area contributed by atoms with E-state index in [-0.39, 0.29) is 24.5 Å². The number of thiophene rings is 1. The lowest BCUT2D eigenvalue weighted by Gasteiger charge is -2.06. The van der Waals surface area contributed by atoms with Crippen LogP contribution in [0.15, 0.2) is 60.1 Å². The summed E-state index contributed by atoms with van der Waals surface area (Å²) in [6.45, 7) is 1.91. The molecular formula is C21H18N4O2S. The lowest BCUT2D eigenvalue weighted by Crippen LogP contribution is -2.13. The molecule has 0 aliphatic heterocycles. The normalized spacial score (nSPS) is 10.9. The van der Waals surface area contributed by atoms with Crippen molar-refractivity contribution >= 4 is 39.7 Å². The van der Waals surface area contributed by atoms with Gasteiger partial charge in [-0.25, -0.2) is 9.67 Å². The quantitative estimate of drug-likeness (QED) is 0.495. The van der Waals surface area contributed by atoms with Gasteiger partial charge in [-0.05, 0) is 36.6 Å². The molecule has 4 aromatic rings. The molecule has 0 saturated heterocycles. The van der Waals surface area contributed by atoms with Gasteiger partial charge in [-0.3, -0.25) is 9.59 Å². The number of nitrogens with one attached hydrogen (secondary N) is 1. The molecule has 7 heteroatoms. The van der Waals surface area contributed by atoms with E-state index in [1.165, 1.54) is 11.3 Å². The van der Waals surface area contributed by atoms with Gasteiger partial charge in [-0.15, -0.1) is 11.3 Å². The minimum absolute atomic E-state index is 0.0151. The van der Waals surface area contributed by atoms with Crippen LogP contribution in [0.1, 0.15) is 28.2 Å². The number of ketones is 1. The van der Waals surface area contributed by atoms with Crippen molar-refractivity contribution < 1.29 is 9.59 Å². The molecule has 0 bridgehead atoms. The average Bonchev–Trinajstić information content (AvgIpc) is 3.36. The van der Waals surface area contributed by atoms with E-state index in [0.717, 1.165) is 22.4 Å². The molecule has 0 unspecified atom stereocenters. The summed E-state index contributed by atoms with van der Waals surface area (Å²) in [6.07, 6.45) is 1.94. The Balaban J connectivity index is 1.48. The smallest absolute Gasteiger partial charge is 0.224 e. The number of hydrogen-bond acceptors (Lipinski definition) is 5. The van der Waals surface area contributed by atoms with Gasteiger partial charge in [0.05, 0.1) is 28.1 Å². The van der Waals surface area contributed by atoms with Gasteiger partial charge in [-0.2, -0.15) is 5.10 Å². The van der Waals surface area contributed by atoms with Gasteiger partial charge >= 0.3 is 0 Å². The third-order valence-electron chi connectivity index (χ3n) is 4.37. The number of rotatable bonds is 6. The molecule has 0 aliphatic rings. The Labute approximate surface area is 165 Å². The largest absolute Gasteiger partial charge is 0.325 e. The van der Waals surface area contributed by atoms with E-state index in [1.54, 1.807) is 16.9 Å². The number of Topliss-reactive ketones (excluding diaryl/α,β-unsaturated/α-hetero) is 1. The van der Waals surface area contributed by atoms with Gasteiger partial charge in [0.25, 0.3) is 0 Å². The van der Waals surface area contributed by atoms with Crippen LogP contribution >= 0.6 is 11.3 Å². The van der Waals surface area contributed by atoms with Crippen molar-refractivity contribution in [1.82, 2.24) is 14.8 Å². The SMILES string of the molecule is Cc1nn(-c2ccccc2)c2ncc(NC(=O)CCC(=O)c3cccs3)cc12. The topological polar surface area (TPSA) is 76.9 Å². The second-order valence-corrected chi connectivity index (χ2v) is 7.32. The Kier molecular flexibility index (Phi) is 4.99. The molecule has 0 atom stereocenters. The molecule has 0 radical (unpaired) electrons. The summed E-state index contributed by atoms with van der Waals surface area (Å²) in [7, 11) is 0. The number of fused-ring (bicyclic) bond motifs is 1. The maximum absolute atomic E-state index is 12.2. The first-order valence-corrected chi connectivity index (χ1v) is 9.77. The van der Waals surface area contributed by atoms with Crippen molar-refractivity contribution in [2.45, 2.75) is 19.8 Å². The highest BCUT2D eigenvalue weighted by Gasteiger charge is 2.13. The van der Waals surface area contributed by atoms with E-state index in [2.05, 4.69) is 15.4 Å². The van der Waals surface area contributed by atoms with Crippen molar-refractivity contribution in [3.63, 3.8) is 0 Å². The number of benzene rings is 1. The van der Waals surface area contributed by atoms with E-state index >= 15 is 0 Å². The van der Waals surface area contributed by atoms with Gasteiger partial charge < -0.3 is 5.32 Å². The lowest BCUT2D eigenvalue weighted by molar-refractivity contribution is -0.116. The minimum atomic E-state index is -0.209. The molecule has 6 nitrogen and oxygen atoms in total. The number of aryl methyl sites for hydroxylation is 1. The van der Waals surface area contributed by atoms with E-state index < -0.39 is 0 Å². The molecule has 1 amide bonds. The van der Waals surface area contributed by atoms with Crippen LogP contribution in [0, 0.1) is 6.92 Å². The number of hydrogen-bond donors (Lipinski definition) is 1. The van der Waals surface area contributed by atoms with Crippen molar-refractivity contribution in [1.29, 1.82) is 0 Å².